The summed E-state index contributed by atoms with van der Waals surface area (Å²) in [5.74, 6) is 1.00. The molecule has 4 nitrogen and oxygen atoms in total. The number of nitrogens with one attached hydrogen (secondary N) is 1. The van der Waals surface area contributed by atoms with Crippen molar-refractivity contribution in [3.05, 3.63) is 54.0 Å². The number of nitrogens with zero attached hydrogens (tertiary/aromatic N) is 3. The lowest BCUT2D eigenvalue weighted by molar-refractivity contribution is 0.779. The van der Waals surface area contributed by atoms with E-state index in [1.54, 1.807) is 0 Å². The normalized spacial score (nSPS) is 10.4. The molecular formula is C15H20N4. The predicted octanol–water partition coefficient (Wildman–Crippen LogP) is 1.87. The fourth-order valence-corrected chi connectivity index (χ4v) is 1.90. The van der Waals surface area contributed by atoms with Crippen LogP contribution in [-0.2, 0) is 13.0 Å². The Labute approximate surface area is 114 Å². The predicted molar refractivity (Wildman–Crippen MR) is 78.2 cm³/mol. The van der Waals surface area contributed by atoms with E-state index in [1.807, 2.05) is 43.6 Å². The average molecular weight is 256 g/mol. The number of pyridine rings is 2. The van der Waals surface area contributed by atoms with Crippen LogP contribution in [-0.4, -0.2) is 30.6 Å². The Kier molecular flexibility index (Phi) is 4.86. The Morgan fingerprint density at radius 2 is 1.95 bits per heavy atom. The van der Waals surface area contributed by atoms with Crippen molar-refractivity contribution in [1.82, 2.24) is 15.3 Å². The van der Waals surface area contributed by atoms with Crippen LogP contribution in [0.5, 0.6) is 0 Å². The van der Waals surface area contributed by atoms with Gasteiger partial charge < -0.3 is 10.2 Å². The fraction of sp³-hybridized carbons (Fsp3) is 0.333. The van der Waals surface area contributed by atoms with Gasteiger partial charge in [-0.25, -0.2) is 4.98 Å². The summed E-state index contributed by atoms with van der Waals surface area (Å²) in [5.41, 5.74) is 2.17. The molecule has 2 aromatic rings. The summed E-state index contributed by atoms with van der Waals surface area (Å²) in [6.07, 6.45) is 2.76. The average Bonchev–Trinajstić information content (AvgIpc) is 2.46. The molecular weight excluding hydrogens is 236 g/mol. The highest BCUT2D eigenvalue weighted by molar-refractivity contribution is 5.38. The van der Waals surface area contributed by atoms with E-state index in [0.29, 0.717) is 0 Å². The summed E-state index contributed by atoms with van der Waals surface area (Å²) in [7, 11) is 3.99. The van der Waals surface area contributed by atoms with Crippen LogP contribution < -0.4 is 10.2 Å². The van der Waals surface area contributed by atoms with Crippen LogP contribution in [0, 0.1) is 0 Å². The zero-order valence-corrected chi connectivity index (χ0v) is 11.5. The van der Waals surface area contributed by atoms with Gasteiger partial charge in [-0.15, -0.1) is 0 Å². The zero-order valence-electron chi connectivity index (χ0n) is 11.5. The largest absolute Gasteiger partial charge is 0.359 e. The summed E-state index contributed by atoms with van der Waals surface area (Å²) in [6.45, 7) is 1.70. The van der Waals surface area contributed by atoms with E-state index < -0.39 is 0 Å². The quantitative estimate of drug-likeness (QED) is 0.856. The first-order chi connectivity index (χ1) is 9.29. The maximum atomic E-state index is 4.62. The second kappa shape index (κ2) is 6.85. The molecule has 0 aliphatic rings. The van der Waals surface area contributed by atoms with Crippen LogP contribution in [0.1, 0.15) is 11.4 Å². The molecule has 0 aromatic carbocycles. The third-order valence-electron chi connectivity index (χ3n) is 2.97. The van der Waals surface area contributed by atoms with Crippen molar-refractivity contribution in [3.63, 3.8) is 0 Å². The smallest absolute Gasteiger partial charge is 0.128 e. The van der Waals surface area contributed by atoms with Crippen LogP contribution in [0.4, 0.5) is 5.82 Å². The molecule has 0 saturated heterocycles. The lowest BCUT2D eigenvalue weighted by atomic mass is 10.2. The Balaban J connectivity index is 1.95. The maximum Gasteiger partial charge on any atom is 0.128 e. The van der Waals surface area contributed by atoms with E-state index >= 15 is 0 Å². The monoisotopic (exact) mass is 256 g/mol. The molecule has 0 unspecified atom stereocenters. The van der Waals surface area contributed by atoms with Crippen LogP contribution in [0.15, 0.2) is 42.6 Å². The van der Waals surface area contributed by atoms with Gasteiger partial charge in [0.15, 0.2) is 0 Å². The van der Waals surface area contributed by atoms with Crippen molar-refractivity contribution in [2.75, 3.05) is 25.5 Å². The molecule has 0 aliphatic heterocycles. The van der Waals surface area contributed by atoms with Crippen molar-refractivity contribution < 1.29 is 0 Å². The zero-order chi connectivity index (χ0) is 13.5. The molecule has 0 aliphatic carbocycles. The van der Waals surface area contributed by atoms with Gasteiger partial charge in [-0.2, -0.15) is 0 Å². The van der Waals surface area contributed by atoms with Crippen molar-refractivity contribution in [1.29, 1.82) is 0 Å². The molecule has 19 heavy (non-hydrogen) atoms. The minimum atomic E-state index is 0.794. The number of hydrogen-bond donors (Lipinski definition) is 1. The standard InChI is InChI=1S/C15H20N4/c1-16-12-14-7-5-8-15(18-14)19(2)11-9-13-6-3-4-10-17-13/h3-8,10,16H,9,11-12H2,1-2H3. The van der Waals surface area contributed by atoms with Gasteiger partial charge in [0.05, 0.1) is 5.69 Å². The van der Waals surface area contributed by atoms with Gasteiger partial charge in [0.1, 0.15) is 5.82 Å². The molecule has 0 amide bonds. The Hall–Kier alpha value is -1.94. The van der Waals surface area contributed by atoms with E-state index in [2.05, 4.69) is 33.3 Å². The van der Waals surface area contributed by atoms with Gasteiger partial charge in [0.25, 0.3) is 0 Å². The Morgan fingerprint density at radius 1 is 1.11 bits per heavy atom. The molecule has 2 rings (SSSR count). The van der Waals surface area contributed by atoms with Gasteiger partial charge in [-0.1, -0.05) is 12.1 Å². The van der Waals surface area contributed by atoms with Gasteiger partial charge in [-0.3, -0.25) is 4.98 Å². The fourth-order valence-electron chi connectivity index (χ4n) is 1.90. The number of aromatic nitrogens is 2. The number of anilines is 1. The van der Waals surface area contributed by atoms with E-state index in [9.17, 15) is 0 Å². The molecule has 0 spiro atoms. The molecule has 2 aromatic heterocycles. The summed E-state index contributed by atoms with van der Waals surface area (Å²) in [6, 6.07) is 12.1. The van der Waals surface area contributed by atoms with E-state index in [1.165, 1.54) is 0 Å². The number of likely N-dealkylation sites (N-methyl/N-ethyl adjacent to an activating group) is 1. The molecule has 0 atom stereocenters. The number of rotatable bonds is 6. The first kappa shape index (κ1) is 13.5. The molecule has 0 bridgehead atoms. The Morgan fingerprint density at radius 3 is 2.68 bits per heavy atom. The lowest BCUT2D eigenvalue weighted by Gasteiger charge is -2.18. The molecule has 0 saturated carbocycles. The lowest BCUT2D eigenvalue weighted by Crippen LogP contribution is -2.22. The molecule has 0 radical (unpaired) electrons. The highest BCUT2D eigenvalue weighted by atomic mass is 15.2. The maximum absolute atomic E-state index is 4.62. The first-order valence-corrected chi connectivity index (χ1v) is 6.51. The van der Waals surface area contributed by atoms with E-state index in [4.69, 9.17) is 0 Å². The summed E-state index contributed by atoms with van der Waals surface area (Å²) in [5, 5.41) is 3.12. The highest BCUT2D eigenvalue weighted by Crippen LogP contribution is 2.10. The van der Waals surface area contributed by atoms with Gasteiger partial charge >= 0.3 is 0 Å². The molecule has 1 N–H and O–H groups in total. The minimum Gasteiger partial charge on any atom is -0.359 e. The van der Waals surface area contributed by atoms with Crippen LogP contribution >= 0.6 is 0 Å². The SMILES string of the molecule is CNCc1cccc(N(C)CCc2ccccn2)n1. The molecule has 4 heteroatoms. The third-order valence-corrected chi connectivity index (χ3v) is 2.97. The van der Waals surface area contributed by atoms with Crippen LogP contribution in [0.25, 0.3) is 0 Å². The van der Waals surface area contributed by atoms with Gasteiger partial charge in [0, 0.05) is 38.4 Å². The van der Waals surface area contributed by atoms with E-state index in [0.717, 1.165) is 36.7 Å². The third kappa shape index (κ3) is 4.03. The summed E-state index contributed by atoms with van der Waals surface area (Å²) >= 11 is 0. The summed E-state index contributed by atoms with van der Waals surface area (Å²) < 4.78 is 0. The first-order valence-electron chi connectivity index (χ1n) is 6.51. The van der Waals surface area contributed by atoms with E-state index in [-0.39, 0.29) is 0 Å². The second-order valence-corrected chi connectivity index (χ2v) is 4.51. The van der Waals surface area contributed by atoms with Crippen molar-refractivity contribution >= 4 is 5.82 Å². The Bertz CT molecular complexity index is 499. The van der Waals surface area contributed by atoms with Gasteiger partial charge in [0.2, 0.25) is 0 Å². The second-order valence-electron chi connectivity index (χ2n) is 4.51. The van der Waals surface area contributed by atoms with Crippen molar-refractivity contribution in [3.8, 4) is 0 Å². The van der Waals surface area contributed by atoms with Crippen LogP contribution in [0.2, 0.25) is 0 Å². The molecule has 0 fully saturated rings. The number of hydrogen-bond acceptors (Lipinski definition) is 4. The molecule has 2 heterocycles. The van der Waals surface area contributed by atoms with Crippen molar-refractivity contribution in [2.24, 2.45) is 0 Å². The van der Waals surface area contributed by atoms with Crippen molar-refractivity contribution in [2.45, 2.75) is 13.0 Å². The highest BCUT2D eigenvalue weighted by Gasteiger charge is 2.04. The topological polar surface area (TPSA) is 41.0 Å². The van der Waals surface area contributed by atoms with Gasteiger partial charge in [-0.05, 0) is 31.3 Å². The van der Waals surface area contributed by atoms with Crippen LogP contribution in [0.3, 0.4) is 0 Å². The molecule has 100 valence electrons. The minimum absolute atomic E-state index is 0.794. The summed E-state index contributed by atoms with van der Waals surface area (Å²) in [4.78, 5) is 11.1.